The molecule has 0 spiro atoms. The third-order valence-electron chi connectivity index (χ3n) is 3.74. The zero-order valence-electron chi connectivity index (χ0n) is 14.9. The number of aromatic nitrogens is 3. The number of benzene rings is 2. The van der Waals surface area contributed by atoms with Gasteiger partial charge >= 0.3 is 5.97 Å². The van der Waals surface area contributed by atoms with E-state index >= 15 is 0 Å². The molecule has 1 heterocycles. The smallest absolute Gasteiger partial charge is 0.361 e. The Balaban J connectivity index is 1.83. The lowest BCUT2D eigenvalue weighted by atomic mass is 10.1. The van der Waals surface area contributed by atoms with Gasteiger partial charge in [-0.25, -0.2) is 4.79 Å². The van der Waals surface area contributed by atoms with E-state index in [1.54, 1.807) is 32.2 Å². The second-order valence-electron chi connectivity index (χ2n) is 5.53. The molecule has 3 aromatic rings. The van der Waals surface area contributed by atoms with Crippen LogP contribution in [-0.4, -0.2) is 35.1 Å². The van der Waals surface area contributed by atoms with Crippen molar-refractivity contribution in [1.82, 2.24) is 15.4 Å². The first-order chi connectivity index (χ1) is 13.1. The summed E-state index contributed by atoms with van der Waals surface area (Å²) >= 11 is 3.44. The van der Waals surface area contributed by atoms with Gasteiger partial charge in [0.15, 0.2) is 17.2 Å². The molecule has 1 aromatic heterocycles. The summed E-state index contributed by atoms with van der Waals surface area (Å²) in [6, 6.07) is 13.2. The highest BCUT2D eigenvalue weighted by atomic mass is 79.9. The molecule has 3 rings (SSSR count). The molecule has 0 aliphatic rings. The third-order valence-corrected chi connectivity index (χ3v) is 4.23. The number of rotatable bonds is 7. The minimum atomic E-state index is -0.532. The van der Waals surface area contributed by atoms with E-state index in [1.165, 1.54) is 0 Å². The van der Waals surface area contributed by atoms with Gasteiger partial charge in [0.2, 0.25) is 0 Å². The van der Waals surface area contributed by atoms with Crippen molar-refractivity contribution < 1.29 is 19.0 Å². The predicted octanol–water partition coefficient (Wildman–Crippen LogP) is 4.00. The molecule has 27 heavy (non-hydrogen) atoms. The van der Waals surface area contributed by atoms with Crippen LogP contribution in [0.1, 0.15) is 23.0 Å². The highest BCUT2D eigenvalue weighted by Gasteiger charge is 2.20. The van der Waals surface area contributed by atoms with Crippen LogP contribution in [0.2, 0.25) is 0 Å². The minimum Gasteiger partial charge on any atom is -0.493 e. The maximum atomic E-state index is 12.0. The monoisotopic (exact) mass is 431 g/mol. The number of nitrogens with one attached hydrogen (secondary N) is 1. The molecule has 2 aromatic carbocycles. The Morgan fingerprint density at radius 3 is 2.74 bits per heavy atom. The molecule has 8 heteroatoms. The Hall–Kier alpha value is -2.87. The molecule has 0 bridgehead atoms. The maximum Gasteiger partial charge on any atom is 0.361 e. The fourth-order valence-electron chi connectivity index (χ4n) is 2.50. The van der Waals surface area contributed by atoms with Crippen LogP contribution in [0.4, 0.5) is 0 Å². The average molecular weight is 432 g/mol. The number of ether oxygens (including phenoxy) is 3. The molecule has 0 fully saturated rings. The van der Waals surface area contributed by atoms with E-state index in [1.807, 2.05) is 24.3 Å². The standard InChI is InChI=1S/C19H18BrN3O4/c1-3-26-19(24)18-17(21-23-22-18)13-7-8-15(16(10-13)25-2)27-11-12-5-4-6-14(20)9-12/h4-10H,3,11H2,1-2H3,(H,21,22,23). The van der Waals surface area contributed by atoms with E-state index in [4.69, 9.17) is 14.2 Å². The van der Waals surface area contributed by atoms with Crippen LogP contribution < -0.4 is 9.47 Å². The molecule has 0 radical (unpaired) electrons. The number of nitrogens with zero attached hydrogens (tertiary/aromatic N) is 2. The highest BCUT2D eigenvalue weighted by Crippen LogP contribution is 2.33. The molecule has 0 amide bonds. The average Bonchev–Trinajstić information content (AvgIpc) is 3.16. The molecule has 7 nitrogen and oxygen atoms in total. The fraction of sp³-hybridized carbons (Fsp3) is 0.211. The van der Waals surface area contributed by atoms with E-state index in [-0.39, 0.29) is 12.3 Å². The summed E-state index contributed by atoms with van der Waals surface area (Å²) in [5.41, 5.74) is 2.21. The molecule has 0 unspecified atom stereocenters. The topological polar surface area (TPSA) is 86.3 Å². The van der Waals surface area contributed by atoms with Crippen molar-refractivity contribution in [3.63, 3.8) is 0 Å². The molecule has 0 aliphatic carbocycles. The summed E-state index contributed by atoms with van der Waals surface area (Å²) in [6.07, 6.45) is 0. The van der Waals surface area contributed by atoms with Gasteiger partial charge in [-0.05, 0) is 42.8 Å². The minimum absolute atomic E-state index is 0.127. The highest BCUT2D eigenvalue weighted by molar-refractivity contribution is 9.10. The molecule has 0 aliphatic heterocycles. The van der Waals surface area contributed by atoms with Crippen LogP contribution in [0.25, 0.3) is 11.3 Å². The van der Waals surface area contributed by atoms with E-state index < -0.39 is 5.97 Å². The quantitative estimate of drug-likeness (QED) is 0.568. The van der Waals surface area contributed by atoms with Crippen LogP contribution in [0, 0.1) is 0 Å². The Bertz CT molecular complexity index is 942. The van der Waals surface area contributed by atoms with Crippen molar-refractivity contribution >= 4 is 21.9 Å². The van der Waals surface area contributed by atoms with Gasteiger partial charge in [-0.1, -0.05) is 28.1 Å². The molecule has 0 saturated carbocycles. The zero-order chi connectivity index (χ0) is 19.2. The van der Waals surface area contributed by atoms with E-state index in [0.717, 1.165) is 10.0 Å². The number of halogens is 1. The zero-order valence-corrected chi connectivity index (χ0v) is 16.4. The van der Waals surface area contributed by atoms with Crippen molar-refractivity contribution in [2.75, 3.05) is 13.7 Å². The number of H-pyrrole nitrogens is 1. The number of esters is 1. The first-order valence-corrected chi connectivity index (χ1v) is 9.05. The predicted molar refractivity (Wildman–Crippen MR) is 103 cm³/mol. The fourth-order valence-corrected chi connectivity index (χ4v) is 2.94. The number of methoxy groups -OCH3 is 1. The first kappa shape index (κ1) is 18.9. The van der Waals surface area contributed by atoms with Gasteiger partial charge in [0.25, 0.3) is 0 Å². The summed E-state index contributed by atoms with van der Waals surface area (Å²) in [6.45, 7) is 2.39. The number of hydrogen-bond acceptors (Lipinski definition) is 6. The molecule has 0 saturated heterocycles. The Labute approximate surface area is 164 Å². The number of carbonyl (C=O) groups is 1. The van der Waals surface area contributed by atoms with Gasteiger partial charge in [0.05, 0.1) is 13.7 Å². The third kappa shape index (κ3) is 4.46. The van der Waals surface area contributed by atoms with E-state index in [2.05, 4.69) is 31.3 Å². The van der Waals surface area contributed by atoms with Gasteiger partial charge in [0.1, 0.15) is 12.3 Å². The van der Waals surface area contributed by atoms with Crippen molar-refractivity contribution in [3.8, 4) is 22.8 Å². The Morgan fingerprint density at radius 1 is 1.15 bits per heavy atom. The van der Waals surface area contributed by atoms with Gasteiger partial charge in [-0.3, -0.25) is 0 Å². The molecular formula is C19H18BrN3O4. The number of hydrogen-bond donors (Lipinski definition) is 1. The summed E-state index contributed by atoms with van der Waals surface area (Å²) in [5.74, 6) is 0.581. The van der Waals surface area contributed by atoms with Gasteiger partial charge < -0.3 is 14.2 Å². The second-order valence-corrected chi connectivity index (χ2v) is 6.44. The van der Waals surface area contributed by atoms with Crippen molar-refractivity contribution in [2.45, 2.75) is 13.5 Å². The Morgan fingerprint density at radius 2 is 2.00 bits per heavy atom. The lowest BCUT2D eigenvalue weighted by Crippen LogP contribution is -2.07. The van der Waals surface area contributed by atoms with Crippen molar-refractivity contribution in [3.05, 3.63) is 58.2 Å². The maximum absolute atomic E-state index is 12.0. The van der Waals surface area contributed by atoms with Crippen LogP contribution >= 0.6 is 15.9 Å². The van der Waals surface area contributed by atoms with Crippen LogP contribution in [-0.2, 0) is 11.3 Å². The Kier molecular flexibility index (Phi) is 6.08. The largest absolute Gasteiger partial charge is 0.493 e. The normalized spacial score (nSPS) is 10.5. The van der Waals surface area contributed by atoms with Crippen molar-refractivity contribution in [1.29, 1.82) is 0 Å². The van der Waals surface area contributed by atoms with E-state index in [9.17, 15) is 4.79 Å². The second kappa shape index (κ2) is 8.68. The number of carbonyl (C=O) groups excluding carboxylic acids is 1. The summed E-state index contributed by atoms with van der Waals surface area (Å²) in [5, 5.41) is 10.4. The summed E-state index contributed by atoms with van der Waals surface area (Å²) in [7, 11) is 1.56. The molecule has 140 valence electrons. The SMILES string of the molecule is CCOC(=O)c1n[nH]nc1-c1ccc(OCc2cccc(Br)c2)c(OC)c1. The molecule has 1 N–H and O–H groups in total. The van der Waals surface area contributed by atoms with Crippen LogP contribution in [0.3, 0.4) is 0 Å². The first-order valence-electron chi connectivity index (χ1n) is 8.26. The summed E-state index contributed by atoms with van der Waals surface area (Å²) in [4.78, 5) is 12.0. The molecular weight excluding hydrogens is 414 g/mol. The number of aromatic amines is 1. The van der Waals surface area contributed by atoms with E-state index in [0.29, 0.717) is 29.4 Å². The lowest BCUT2D eigenvalue weighted by molar-refractivity contribution is 0.0520. The van der Waals surface area contributed by atoms with Gasteiger partial charge in [-0.15, -0.1) is 5.10 Å². The summed E-state index contributed by atoms with van der Waals surface area (Å²) < 4.78 is 17.3. The van der Waals surface area contributed by atoms with Crippen LogP contribution in [0.5, 0.6) is 11.5 Å². The molecule has 0 atom stereocenters. The van der Waals surface area contributed by atoms with Gasteiger partial charge in [-0.2, -0.15) is 10.3 Å². The van der Waals surface area contributed by atoms with Crippen LogP contribution in [0.15, 0.2) is 46.9 Å². The van der Waals surface area contributed by atoms with Crippen molar-refractivity contribution in [2.24, 2.45) is 0 Å². The lowest BCUT2D eigenvalue weighted by Gasteiger charge is -2.12. The van der Waals surface area contributed by atoms with Gasteiger partial charge in [0, 0.05) is 10.0 Å².